The molecule has 0 bridgehead atoms. The molecule has 0 radical (unpaired) electrons. The summed E-state index contributed by atoms with van der Waals surface area (Å²) in [6.45, 7) is 2.14. The molecular formula is C13H18O2. The molecule has 1 rings (SSSR count). The lowest BCUT2D eigenvalue weighted by Crippen LogP contribution is -2.03. The molecule has 0 aliphatic carbocycles. The summed E-state index contributed by atoms with van der Waals surface area (Å²) in [4.78, 5) is 10.5. The third-order valence-corrected chi connectivity index (χ3v) is 2.61. The molecular weight excluding hydrogens is 188 g/mol. The van der Waals surface area contributed by atoms with Gasteiger partial charge in [-0.2, -0.15) is 0 Å². The number of hydrogen-bond donors (Lipinski definition) is 1. The fourth-order valence-corrected chi connectivity index (χ4v) is 1.85. The van der Waals surface area contributed by atoms with Crippen LogP contribution in [0.2, 0.25) is 0 Å². The Labute approximate surface area is 90.9 Å². The van der Waals surface area contributed by atoms with Crippen molar-refractivity contribution in [2.45, 2.75) is 38.5 Å². The van der Waals surface area contributed by atoms with Gasteiger partial charge in [-0.25, -0.2) is 0 Å². The highest BCUT2D eigenvalue weighted by molar-refractivity contribution is 5.66. The highest BCUT2D eigenvalue weighted by Gasteiger charge is 2.11. The third kappa shape index (κ3) is 4.15. The van der Waals surface area contributed by atoms with Crippen molar-refractivity contribution in [3.05, 3.63) is 35.9 Å². The number of carboxylic acid groups (broad SMARTS) is 1. The summed E-state index contributed by atoms with van der Waals surface area (Å²) in [7, 11) is 0. The van der Waals surface area contributed by atoms with E-state index in [0.29, 0.717) is 5.92 Å². The Balaban J connectivity index is 2.61. The van der Waals surface area contributed by atoms with Crippen LogP contribution in [-0.4, -0.2) is 11.1 Å². The van der Waals surface area contributed by atoms with Gasteiger partial charge in [0.1, 0.15) is 0 Å². The summed E-state index contributed by atoms with van der Waals surface area (Å²) < 4.78 is 0. The number of hydrogen-bond acceptors (Lipinski definition) is 1. The normalized spacial score (nSPS) is 12.3. The highest BCUT2D eigenvalue weighted by atomic mass is 16.4. The first kappa shape index (κ1) is 11.8. The summed E-state index contributed by atoms with van der Waals surface area (Å²) in [6.07, 6.45) is 3.17. The first-order chi connectivity index (χ1) is 7.24. The molecule has 0 saturated heterocycles. The predicted molar refractivity (Wildman–Crippen MR) is 61.0 cm³/mol. The molecule has 0 fully saturated rings. The van der Waals surface area contributed by atoms with Gasteiger partial charge in [0, 0.05) is 6.42 Å². The van der Waals surface area contributed by atoms with E-state index in [9.17, 15) is 4.79 Å². The SMILES string of the molecule is CCC[C@H](CCC(=O)O)c1ccccc1. The quantitative estimate of drug-likeness (QED) is 0.774. The fourth-order valence-electron chi connectivity index (χ4n) is 1.85. The summed E-state index contributed by atoms with van der Waals surface area (Å²) in [5.41, 5.74) is 1.26. The van der Waals surface area contributed by atoms with E-state index < -0.39 is 5.97 Å². The molecule has 2 heteroatoms. The topological polar surface area (TPSA) is 37.3 Å². The number of aliphatic carboxylic acids is 1. The van der Waals surface area contributed by atoms with Gasteiger partial charge in [-0.1, -0.05) is 43.7 Å². The van der Waals surface area contributed by atoms with Crippen molar-refractivity contribution in [3.8, 4) is 0 Å². The highest BCUT2D eigenvalue weighted by Crippen LogP contribution is 2.25. The maximum Gasteiger partial charge on any atom is 0.303 e. The molecule has 0 amide bonds. The summed E-state index contributed by atoms with van der Waals surface area (Å²) in [5.74, 6) is -0.306. The molecule has 0 saturated carbocycles. The molecule has 82 valence electrons. The second-order valence-corrected chi connectivity index (χ2v) is 3.83. The smallest absolute Gasteiger partial charge is 0.303 e. The first-order valence-corrected chi connectivity index (χ1v) is 5.50. The van der Waals surface area contributed by atoms with E-state index in [4.69, 9.17) is 5.11 Å². The van der Waals surface area contributed by atoms with Crippen molar-refractivity contribution in [2.75, 3.05) is 0 Å². The molecule has 0 heterocycles. The molecule has 0 aliphatic heterocycles. The molecule has 0 aromatic heterocycles. The van der Waals surface area contributed by atoms with Crippen LogP contribution in [0, 0.1) is 0 Å². The van der Waals surface area contributed by atoms with Gasteiger partial charge < -0.3 is 5.11 Å². The van der Waals surface area contributed by atoms with Crippen LogP contribution >= 0.6 is 0 Å². The predicted octanol–water partition coefficient (Wildman–Crippen LogP) is 3.44. The average molecular weight is 206 g/mol. The zero-order chi connectivity index (χ0) is 11.1. The summed E-state index contributed by atoms with van der Waals surface area (Å²) in [6, 6.07) is 10.2. The molecule has 1 aromatic carbocycles. The van der Waals surface area contributed by atoms with Crippen molar-refractivity contribution in [1.29, 1.82) is 0 Å². The summed E-state index contributed by atoms with van der Waals surface area (Å²) in [5, 5.41) is 8.68. The summed E-state index contributed by atoms with van der Waals surface area (Å²) >= 11 is 0. The van der Waals surface area contributed by atoms with Crippen molar-refractivity contribution in [2.24, 2.45) is 0 Å². The Hall–Kier alpha value is -1.31. The van der Waals surface area contributed by atoms with E-state index in [-0.39, 0.29) is 6.42 Å². The van der Waals surface area contributed by atoms with Crippen LogP contribution in [0.25, 0.3) is 0 Å². The first-order valence-electron chi connectivity index (χ1n) is 5.50. The van der Waals surface area contributed by atoms with Gasteiger partial charge in [-0.3, -0.25) is 4.79 Å². The van der Waals surface area contributed by atoms with Gasteiger partial charge in [0.15, 0.2) is 0 Å². The van der Waals surface area contributed by atoms with Crippen LogP contribution in [-0.2, 0) is 4.79 Å². The maximum absolute atomic E-state index is 10.5. The minimum absolute atomic E-state index is 0.263. The van der Waals surface area contributed by atoms with Crippen LogP contribution in [0.15, 0.2) is 30.3 Å². The van der Waals surface area contributed by atoms with Gasteiger partial charge in [-0.15, -0.1) is 0 Å². The van der Waals surface area contributed by atoms with Crippen LogP contribution in [0.5, 0.6) is 0 Å². The third-order valence-electron chi connectivity index (χ3n) is 2.61. The largest absolute Gasteiger partial charge is 0.481 e. The Morgan fingerprint density at radius 2 is 1.93 bits per heavy atom. The zero-order valence-electron chi connectivity index (χ0n) is 9.15. The van der Waals surface area contributed by atoms with E-state index >= 15 is 0 Å². The van der Waals surface area contributed by atoms with E-state index in [1.54, 1.807) is 0 Å². The second kappa shape index (κ2) is 6.23. The Morgan fingerprint density at radius 1 is 1.27 bits per heavy atom. The molecule has 0 spiro atoms. The monoisotopic (exact) mass is 206 g/mol. The number of rotatable bonds is 6. The zero-order valence-corrected chi connectivity index (χ0v) is 9.15. The van der Waals surface area contributed by atoms with Crippen LogP contribution in [0.3, 0.4) is 0 Å². The molecule has 15 heavy (non-hydrogen) atoms. The number of carbonyl (C=O) groups is 1. The Bertz CT molecular complexity index is 293. The minimum Gasteiger partial charge on any atom is -0.481 e. The van der Waals surface area contributed by atoms with E-state index in [1.165, 1.54) is 5.56 Å². The van der Waals surface area contributed by atoms with Crippen LogP contribution < -0.4 is 0 Å². The Kier molecular flexibility index (Phi) is 4.88. The lowest BCUT2D eigenvalue weighted by atomic mass is 9.90. The van der Waals surface area contributed by atoms with E-state index in [0.717, 1.165) is 19.3 Å². The molecule has 2 nitrogen and oxygen atoms in total. The van der Waals surface area contributed by atoms with Crippen molar-refractivity contribution < 1.29 is 9.90 Å². The van der Waals surface area contributed by atoms with Crippen molar-refractivity contribution >= 4 is 5.97 Å². The van der Waals surface area contributed by atoms with Gasteiger partial charge in [0.2, 0.25) is 0 Å². The Morgan fingerprint density at radius 3 is 2.47 bits per heavy atom. The fraction of sp³-hybridized carbons (Fsp3) is 0.462. The van der Waals surface area contributed by atoms with Crippen LogP contribution in [0.1, 0.15) is 44.1 Å². The number of benzene rings is 1. The van der Waals surface area contributed by atoms with E-state index in [1.807, 2.05) is 18.2 Å². The van der Waals surface area contributed by atoms with Gasteiger partial charge >= 0.3 is 5.97 Å². The van der Waals surface area contributed by atoms with Gasteiger partial charge in [-0.05, 0) is 24.3 Å². The van der Waals surface area contributed by atoms with Crippen molar-refractivity contribution in [3.63, 3.8) is 0 Å². The molecule has 1 N–H and O–H groups in total. The van der Waals surface area contributed by atoms with Crippen molar-refractivity contribution in [1.82, 2.24) is 0 Å². The molecule has 1 atom stereocenters. The van der Waals surface area contributed by atoms with E-state index in [2.05, 4.69) is 19.1 Å². The average Bonchev–Trinajstić information content (AvgIpc) is 2.25. The minimum atomic E-state index is -0.702. The lowest BCUT2D eigenvalue weighted by Gasteiger charge is -2.15. The standard InChI is InChI=1S/C13H18O2/c1-2-6-11(9-10-13(14)15)12-7-4-3-5-8-12/h3-5,7-8,11H,2,6,9-10H2,1H3,(H,14,15)/t11-/m1/s1. The molecule has 1 aromatic rings. The maximum atomic E-state index is 10.5. The second-order valence-electron chi connectivity index (χ2n) is 3.83. The van der Waals surface area contributed by atoms with Gasteiger partial charge in [0.05, 0.1) is 0 Å². The van der Waals surface area contributed by atoms with Gasteiger partial charge in [0.25, 0.3) is 0 Å². The number of carboxylic acids is 1. The van der Waals surface area contributed by atoms with Crippen LogP contribution in [0.4, 0.5) is 0 Å². The lowest BCUT2D eigenvalue weighted by molar-refractivity contribution is -0.137. The molecule has 0 aliphatic rings. The molecule has 0 unspecified atom stereocenters.